The van der Waals surface area contributed by atoms with Crippen molar-refractivity contribution in [2.45, 2.75) is 26.3 Å². The lowest BCUT2D eigenvalue weighted by atomic mass is 10.0. The Kier molecular flexibility index (Phi) is 4.06. The molecule has 1 N–H and O–H groups in total. The highest BCUT2D eigenvalue weighted by Gasteiger charge is 2.06. The van der Waals surface area contributed by atoms with E-state index < -0.39 is 0 Å². The van der Waals surface area contributed by atoms with Gasteiger partial charge >= 0.3 is 0 Å². The van der Waals surface area contributed by atoms with Gasteiger partial charge in [0.15, 0.2) is 0 Å². The van der Waals surface area contributed by atoms with E-state index in [-0.39, 0.29) is 6.04 Å². The number of hydrogen-bond acceptors (Lipinski definition) is 1. The minimum atomic E-state index is 0.261. The van der Waals surface area contributed by atoms with Crippen molar-refractivity contribution in [2.75, 3.05) is 0 Å². The van der Waals surface area contributed by atoms with Crippen LogP contribution >= 0.6 is 0 Å². The van der Waals surface area contributed by atoms with Crippen molar-refractivity contribution in [1.29, 1.82) is 0 Å². The highest BCUT2D eigenvalue weighted by Crippen LogP contribution is 2.21. The van der Waals surface area contributed by atoms with Crippen LogP contribution in [0, 0.1) is 0 Å². The molecule has 0 spiro atoms. The lowest BCUT2D eigenvalue weighted by Gasteiger charge is -2.18. The fourth-order valence-electron chi connectivity index (χ4n) is 2.28. The molecular formula is C18H21N. The average Bonchev–Trinajstić information content (AvgIpc) is 2.37. The number of fused-ring (bicyclic) bond motifs is 1. The third-order valence-electron chi connectivity index (χ3n) is 3.21. The summed E-state index contributed by atoms with van der Waals surface area (Å²) in [6, 6.07) is 15.3. The molecule has 0 aliphatic rings. The average molecular weight is 251 g/mol. The second-order valence-corrected chi connectivity index (χ2v) is 5.21. The van der Waals surface area contributed by atoms with Gasteiger partial charge in [-0.15, -0.1) is 0 Å². The summed E-state index contributed by atoms with van der Waals surface area (Å²) in [5.74, 6) is 0. The summed E-state index contributed by atoms with van der Waals surface area (Å²) in [6.45, 7) is 12.1. The molecule has 0 saturated carbocycles. The topological polar surface area (TPSA) is 12.0 Å². The standard InChI is InChI=1S/C18H21N/c1-13(2)11-14(3)19-15(4)17-10-9-16-7-5-6-8-18(16)12-17/h5-10,12,15,19H,1,3,11H2,2,4H3. The molecule has 1 atom stereocenters. The first-order chi connectivity index (χ1) is 9.06. The summed E-state index contributed by atoms with van der Waals surface area (Å²) in [4.78, 5) is 0. The highest BCUT2D eigenvalue weighted by atomic mass is 14.9. The van der Waals surface area contributed by atoms with Crippen LogP contribution in [0.1, 0.15) is 31.9 Å². The van der Waals surface area contributed by atoms with Gasteiger partial charge in [0.2, 0.25) is 0 Å². The first kappa shape index (κ1) is 13.4. The Morgan fingerprint density at radius 3 is 2.47 bits per heavy atom. The molecule has 19 heavy (non-hydrogen) atoms. The Morgan fingerprint density at radius 2 is 1.79 bits per heavy atom. The van der Waals surface area contributed by atoms with E-state index in [1.807, 2.05) is 6.92 Å². The number of rotatable bonds is 5. The molecule has 0 aliphatic carbocycles. The van der Waals surface area contributed by atoms with E-state index in [2.05, 4.69) is 67.9 Å². The maximum absolute atomic E-state index is 4.05. The second-order valence-electron chi connectivity index (χ2n) is 5.21. The first-order valence-corrected chi connectivity index (χ1v) is 6.63. The van der Waals surface area contributed by atoms with Crippen molar-refractivity contribution in [1.82, 2.24) is 5.32 Å². The molecule has 1 nitrogen and oxygen atoms in total. The molecule has 1 unspecified atom stereocenters. The second kappa shape index (κ2) is 5.75. The molecule has 0 aromatic heterocycles. The third-order valence-corrected chi connectivity index (χ3v) is 3.21. The third kappa shape index (κ3) is 3.47. The molecule has 0 amide bonds. The largest absolute Gasteiger partial charge is 0.382 e. The monoisotopic (exact) mass is 251 g/mol. The van der Waals surface area contributed by atoms with E-state index >= 15 is 0 Å². The zero-order valence-electron chi connectivity index (χ0n) is 11.7. The van der Waals surface area contributed by atoms with Gasteiger partial charge in [-0.1, -0.05) is 55.1 Å². The lowest BCUT2D eigenvalue weighted by Crippen LogP contribution is -2.17. The number of allylic oxidation sites excluding steroid dienone is 1. The fourth-order valence-corrected chi connectivity index (χ4v) is 2.28. The van der Waals surface area contributed by atoms with Crippen LogP contribution < -0.4 is 5.32 Å². The quantitative estimate of drug-likeness (QED) is 0.740. The molecule has 0 fully saturated rings. The van der Waals surface area contributed by atoms with E-state index in [1.165, 1.54) is 16.3 Å². The van der Waals surface area contributed by atoms with Crippen molar-refractivity contribution < 1.29 is 0 Å². The zero-order chi connectivity index (χ0) is 13.8. The van der Waals surface area contributed by atoms with Gasteiger partial charge in [-0.05, 0) is 36.2 Å². The molecule has 2 aromatic carbocycles. The minimum absolute atomic E-state index is 0.261. The normalized spacial score (nSPS) is 12.1. The van der Waals surface area contributed by atoms with Gasteiger partial charge in [0, 0.05) is 18.2 Å². The van der Waals surface area contributed by atoms with Crippen LogP contribution in [0.25, 0.3) is 10.8 Å². The van der Waals surface area contributed by atoms with Gasteiger partial charge in [0.05, 0.1) is 0 Å². The maximum Gasteiger partial charge on any atom is 0.0482 e. The van der Waals surface area contributed by atoms with Crippen LogP contribution in [0.4, 0.5) is 0 Å². The van der Waals surface area contributed by atoms with E-state index in [0.717, 1.165) is 17.7 Å². The van der Waals surface area contributed by atoms with Gasteiger partial charge in [0.25, 0.3) is 0 Å². The number of benzene rings is 2. The molecule has 0 bridgehead atoms. The van der Waals surface area contributed by atoms with E-state index in [0.29, 0.717) is 0 Å². The molecule has 0 aliphatic heterocycles. The number of hydrogen-bond donors (Lipinski definition) is 1. The molecule has 98 valence electrons. The Bertz CT molecular complexity index is 610. The van der Waals surface area contributed by atoms with E-state index in [4.69, 9.17) is 0 Å². The molecule has 2 aromatic rings. The minimum Gasteiger partial charge on any atom is -0.382 e. The lowest BCUT2D eigenvalue weighted by molar-refractivity contribution is 0.642. The predicted octanol–water partition coefficient (Wildman–Crippen LogP) is 4.97. The Hall–Kier alpha value is -2.02. The summed E-state index contributed by atoms with van der Waals surface area (Å²) in [6.07, 6.45) is 0.831. The van der Waals surface area contributed by atoms with Crippen LogP contribution in [0.3, 0.4) is 0 Å². The smallest absolute Gasteiger partial charge is 0.0482 e. The van der Waals surface area contributed by atoms with Crippen LogP contribution in [0.5, 0.6) is 0 Å². The molecule has 1 heteroatoms. The predicted molar refractivity (Wildman–Crippen MR) is 84.1 cm³/mol. The molecule has 2 rings (SSSR count). The molecule has 0 saturated heterocycles. The Balaban J connectivity index is 2.15. The van der Waals surface area contributed by atoms with Crippen LogP contribution in [-0.4, -0.2) is 0 Å². The zero-order valence-corrected chi connectivity index (χ0v) is 11.7. The molecule has 0 heterocycles. The summed E-state index contributed by atoms with van der Waals surface area (Å²) in [5, 5.41) is 5.99. The van der Waals surface area contributed by atoms with E-state index in [1.54, 1.807) is 0 Å². The number of nitrogens with one attached hydrogen (secondary N) is 1. The Morgan fingerprint density at radius 1 is 1.11 bits per heavy atom. The summed E-state index contributed by atoms with van der Waals surface area (Å²) in [7, 11) is 0. The van der Waals surface area contributed by atoms with Crippen LogP contribution in [0.2, 0.25) is 0 Å². The molecular weight excluding hydrogens is 230 g/mol. The summed E-state index contributed by atoms with van der Waals surface area (Å²) < 4.78 is 0. The van der Waals surface area contributed by atoms with Gasteiger partial charge in [0.1, 0.15) is 0 Å². The summed E-state index contributed by atoms with van der Waals surface area (Å²) in [5.41, 5.74) is 3.43. The highest BCUT2D eigenvalue weighted by molar-refractivity contribution is 5.83. The van der Waals surface area contributed by atoms with Gasteiger partial charge in [-0.2, -0.15) is 0 Å². The van der Waals surface area contributed by atoms with Crippen molar-refractivity contribution in [3.05, 3.63) is 72.5 Å². The van der Waals surface area contributed by atoms with Crippen molar-refractivity contribution in [3.63, 3.8) is 0 Å². The summed E-state index contributed by atoms with van der Waals surface area (Å²) >= 11 is 0. The van der Waals surface area contributed by atoms with Gasteiger partial charge < -0.3 is 5.32 Å². The fraction of sp³-hybridized carbons (Fsp3) is 0.222. The van der Waals surface area contributed by atoms with Crippen molar-refractivity contribution in [3.8, 4) is 0 Å². The van der Waals surface area contributed by atoms with Crippen molar-refractivity contribution >= 4 is 10.8 Å². The van der Waals surface area contributed by atoms with Crippen molar-refractivity contribution in [2.24, 2.45) is 0 Å². The van der Waals surface area contributed by atoms with Gasteiger partial charge in [-0.3, -0.25) is 0 Å². The maximum atomic E-state index is 4.05. The Labute approximate surface area is 115 Å². The van der Waals surface area contributed by atoms with Gasteiger partial charge in [-0.25, -0.2) is 0 Å². The van der Waals surface area contributed by atoms with Crippen LogP contribution in [0.15, 0.2) is 66.9 Å². The SMILES string of the molecule is C=C(C)CC(=C)NC(C)c1ccc2ccccc2c1. The molecule has 0 radical (unpaired) electrons. The van der Waals surface area contributed by atoms with E-state index in [9.17, 15) is 0 Å². The van der Waals surface area contributed by atoms with Crippen LogP contribution in [-0.2, 0) is 0 Å². The first-order valence-electron chi connectivity index (χ1n) is 6.63.